The summed E-state index contributed by atoms with van der Waals surface area (Å²) in [5.41, 5.74) is 1.26. The van der Waals surface area contributed by atoms with Crippen LogP contribution in [0.4, 0.5) is 0 Å². The molecule has 3 nitrogen and oxygen atoms in total. The molecule has 1 N–H and O–H groups in total. The average molecular weight is 221 g/mol. The topological polar surface area (TPSA) is 30.5 Å². The van der Waals surface area contributed by atoms with Gasteiger partial charge in [-0.25, -0.2) is 0 Å². The fraction of sp³-hybridized carbons (Fsp3) is 0.538. The van der Waals surface area contributed by atoms with Crippen molar-refractivity contribution >= 4 is 0 Å². The third kappa shape index (κ3) is 3.22. The summed E-state index contributed by atoms with van der Waals surface area (Å²) in [4.78, 5) is 0. The lowest BCUT2D eigenvalue weighted by Crippen LogP contribution is -2.22. The van der Waals surface area contributed by atoms with E-state index in [0.29, 0.717) is 5.92 Å². The Balaban J connectivity index is 1.75. The summed E-state index contributed by atoms with van der Waals surface area (Å²) < 4.78 is 10.5. The molecule has 1 unspecified atom stereocenters. The first-order valence-electron chi connectivity index (χ1n) is 5.80. The van der Waals surface area contributed by atoms with Gasteiger partial charge in [-0.2, -0.15) is 0 Å². The molecule has 1 atom stereocenters. The Hall–Kier alpha value is -1.06. The molecule has 1 heterocycles. The molecule has 0 spiro atoms. The van der Waals surface area contributed by atoms with Crippen LogP contribution >= 0.6 is 0 Å². The van der Waals surface area contributed by atoms with Crippen LogP contribution in [0.3, 0.4) is 0 Å². The smallest absolute Gasteiger partial charge is 0.119 e. The van der Waals surface area contributed by atoms with Crippen molar-refractivity contribution in [3.63, 3.8) is 0 Å². The van der Waals surface area contributed by atoms with Gasteiger partial charge in [0.15, 0.2) is 0 Å². The van der Waals surface area contributed by atoms with Gasteiger partial charge in [-0.15, -0.1) is 0 Å². The van der Waals surface area contributed by atoms with Gasteiger partial charge in [0.25, 0.3) is 0 Å². The molecule has 2 rings (SSSR count). The second-order valence-electron chi connectivity index (χ2n) is 4.21. The molecule has 1 aromatic carbocycles. The quantitative estimate of drug-likeness (QED) is 0.822. The third-order valence-electron chi connectivity index (χ3n) is 2.92. The van der Waals surface area contributed by atoms with Crippen molar-refractivity contribution in [2.75, 3.05) is 26.9 Å². The molecular weight excluding hydrogens is 202 g/mol. The Kier molecular flexibility index (Phi) is 4.19. The van der Waals surface area contributed by atoms with Crippen molar-refractivity contribution in [2.45, 2.75) is 13.0 Å². The first-order chi connectivity index (χ1) is 7.88. The van der Waals surface area contributed by atoms with E-state index in [1.165, 1.54) is 12.0 Å². The second kappa shape index (κ2) is 5.87. The van der Waals surface area contributed by atoms with E-state index in [1.54, 1.807) is 7.11 Å². The zero-order valence-corrected chi connectivity index (χ0v) is 9.74. The summed E-state index contributed by atoms with van der Waals surface area (Å²) in [5.74, 6) is 1.61. The normalized spacial score (nSPS) is 19.9. The SMILES string of the molecule is COc1cccc(CNCC2CCOC2)c1. The summed E-state index contributed by atoms with van der Waals surface area (Å²) in [6.07, 6.45) is 1.19. The van der Waals surface area contributed by atoms with E-state index >= 15 is 0 Å². The molecule has 1 fully saturated rings. The van der Waals surface area contributed by atoms with E-state index in [9.17, 15) is 0 Å². The summed E-state index contributed by atoms with van der Waals surface area (Å²) in [7, 11) is 1.70. The van der Waals surface area contributed by atoms with E-state index < -0.39 is 0 Å². The zero-order valence-electron chi connectivity index (χ0n) is 9.74. The van der Waals surface area contributed by atoms with Crippen LogP contribution in [-0.4, -0.2) is 26.9 Å². The zero-order chi connectivity index (χ0) is 11.2. The molecule has 1 aliphatic heterocycles. The standard InChI is InChI=1S/C13H19NO2/c1-15-13-4-2-3-11(7-13)8-14-9-12-5-6-16-10-12/h2-4,7,12,14H,5-6,8-10H2,1H3. The molecule has 0 radical (unpaired) electrons. The van der Waals surface area contributed by atoms with E-state index in [2.05, 4.69) is 17.4 Å². The number of hydrogen-bond acceptors (Lipinski definition) is 3. The van der Waals surface area contributed by atoms with Gasteiger partial charge >= 0.3 is 0 Å². The van der Waals surface area contributed by atoms with E-state index in [0.717, 1.165) is 32.1 Å². The second-order valence-corrected chi connectivity index (χ2v) is 4.21. The highest BCUT2D eigenvalue weighted by Crippen LogP contribution is 2.13. The van der Waals surface area contributed by atoms with Crippen molar-refractivity contribution in [3.8, 4) is 5.75 Å². The Bertz CT molecular complexity index is 321. The summed E-state index contributed by atoms with van der Waals surface area (Å²) in [5, 5.41) is 3.46. The van der Waals surface area contributed by atoms with Crippen molar-refractivity contribution in [1.29, 1.82) is 0 Å². The number of nitrogens with one attached hydrogen (secondary N) is 1. The third-order valence-corrected chi connectivity index (χ3v) is 2.92. The number of benzene rings is 1. The van der Waals surface area contributed by atoms with Gasteiger partial charge in [0.2, 0.25) is 0 Å². The predicted molar refractivity (Wildman–Crippen MR) is 63.6 cm³/mol. The fourth-order valence-electron chi connectivity index (χ4n) is 1.95. The van der Waals surface area contributed by atoms with Crippen LogP contribution in [-0.2, 0) is 11.3 Å². The summed E-state index contributed by atoms with van der Waals surface area (Å²) >= 11 is 0. The Morgan fingerprint density at radius 1 is 1.50 bits per heavy atom. The van der Waals surface area contributed by atoms with Crippen molar-refractivity contribution in [1.82, 2.24) is 5.32 Å². The molecule has 1 aliphatic rings. The lowest BCUT2D eigenvalue weighted by Gasteiger charge is -2.10. The molecule has 1 aromatic rings. The van der Waals surface area contributed by atoms with Crippen molar-refractivity contribution in [3.05, 3.63) is 29.8 Å². The molecule has 0 bridgehead atoms. The predicted octanol–water partition coefficient (Wildman–Crippen LogP) is 1.82. The van der Waals surface area contributed by atoms with Gasteiger partial charge in [-0.3, -0.25) is 0 Å². The van der Waals surface area contributed by atoms with Crippen LogP contribution in [0.1, 0.15) is 12.0 Å². The van der Waals surface area contributed by atoms with E-state index in [4.69, 9.17) is 9.47 Å². The fourth-order valence-corrected chi connectivity index (χ4v) is 1.95. The molecule has 3 heteroatoms. The highest BCUT2D eigenvalue weighted by Gasteiger charge is 2.14. The lowest BCUT2D eigenvalue weighted by atomic mass is 10.1. The lowest BCUT2D eigenvalue weighted by molar-refractivity contribution is 0.185. The number of hydrogen-bond donors (Lipinski definition) is 1. The molecule has 0 aliphatic carbocycles. The van der Waals surface area contributed by atoms with Gasteiger partial charge in [0.1, 0.15) is 5.75 Å². The minimum atomic E-state index is 0.686. The van der Waals surface area contributed by atoms with Gasteiger partial charge in [0, 0.05) is 19.7 Å². The van der Waals surface area contributed by atoms with Crippen LogP contribution in [0, 0.1) is 5.92 Å². The highest BCUT2D eigenvalue weighted by atomic mass is 16.5. The molecule has 1 saturated heterocycles. The largest absolute Gasteiger partial charge is 0.497 e. The molecule has 0 aromatic heterocycles. The molecule has 0 saturated carbocycles. The van der Waals surface area contributed by atoms with Gasteiger partial charge in [-0.05, 0) is 30.0 Å². The van der Waals surface area contributed by atoms with Crippen molar-refractivity contribution < 1.29 is 9.47 Å². The minimum Gasteiger partial charge on any atom is -0.497 e. The monoisotopic (exact) mass is 221 g/mol. The van der Waals surface area contributed by atoms with Crippen LogP contribution in [0.25, 0.3) is 0 Å². The highest BCUT2D eigenvalue weighted by molar-refractivity contribution is 5.28. The van der Waals surface area contributed by atoms with Crippen LogP contribution < -0.4 is 10.1 Å². The van der Waals surface area contributed by atoms with E-state index in [-0.39, 0.29) is 0 Å². The Morgan fingerprint density at radius 3 is 3.19 bits per heavy atom. The van der Waals surface area contributed by atoms with Crippen molar-refractivity contribution in [2.24, 2.45) is 5.92 Å². The first-order valence-corrected chi connectivity index (χ1v) is 5.80. The maximum absolute atomic E-state index is 5.34. The maximum atomic E-state index is 5.34. The molecule has 88 valence electrons. The first kappa shape index (κ1) is 11.4. The van der Waals surface area contributed by atoms with E-state index in [1.807, 2.05) is 12.1 Å². The Labute approximate surface area is 96.8 Å². The minimum absolute atomic E-state index is 0.686. The van der Waals surface area contributed by atoms with Gasteiger partial charge < -0.3 is 14.8 Å². The molecular formula is C13H19NO2. The summed E-state index contributed by atoms with van der Waals surface area (Å²) in [6, 6.07) is 8.17. The maximum Gasteiger partial charge on any atom is 0.119 e. The van der Waals surface area contributed by atoms with Crippen LogP contribution in [0.5, 0.6) is 5.75 Å². The molecule has 0 amide bonds. The van der Waals surface area contributed by atoms with Gasteiger partial charge in [-0.1, -0.05) is 12.1 Å². The summed E-state index contributed by atoms with van der Waals surface area (Å²) in [6.45, 7) is 3.77. The Morgan fingerprint density at radius 2 is 2.44 bits per heavy atom. The number of rotatable bonds is 5. The average Bonchev–Trinajstić information content (AvgIpc) is 2.82. The van der Waals surface area contributed by atoms with Gasteiger partial charge in [0.05, 0.1) is 13.7 Å². The number of ether oxygens (including phenoxy) is 2. The van der Waals surface area contributed by atoms with Crippen LogP contribution in [0.2, 0.25) is 0 Å². The molecule has 16 heavy (non-hydrogen) atoms. The number of methoxy groups -OCH3 is 1. The van der Waals surface area contributed by atoms with Crippen LogP contribution in [0.15, 0.2) is 24.3 Å².